The smallest absolute Gasteiger partial charge is 0.425 e. The van der Waals surface area contributed by atoms with Gasteiger partial charge >= 0.3 is 18.3 Å². The fraction of sp³-hybridized carbons (Fsp3) is 0.579. The Hall–Kier alpha value is -2.22. The van der Waals surface area contributed by atoms with Crippen molar-refractivity contribution in [3.63, 3.8) is 0 Å². The third-order valence-electron chi connectivity index (χ3n) is 5.93. The van der Waals surface area contributed by atoms with Crippen molar-refractivity contribution < 1.29 is 54.2 Å². The molecule has 1 aliphatic heterocycles. The van der Waals surface area contributed by atoms with Crippen LogP contribution in [0.3, 0.4) is 0 Å². The van der Waals surface area contributed by atoms with Gasteiger partial charge < -0.3 is 14.7 Å². The number of carbonyl (C=O) groups is 2. The van der Waals surface area contributed by atoms with E-state index in [1.54, 1.807) is 0 Å². The molecular weight excluding hydrogens is 520 g/mol. The number of nitrogens with zero attached hydrogens (tertiary/aromatic N) is 1. The Morgan fingerprint density at radius 1 is 1.21 bits per heavy atom. The van der Waals surface area contributed by atoms with Crippen molar-refractivity contribution in [3.05, 3.63) is 23.2 Å². The third kappa shape index (κ3) is 4.66. The van der Waals surface area contributed by atoms with Gasteiger partial charge in [-0.15, -0.1) is 0 Å². The van der Waals surface area contributed by atoms with Gasteiger partial charge in [0, 0.05) is 12.6 Å². The highest BCUT2D eigenvalue weighted by Crippen LogP contribution is 2.59. The predicted molar refractivity (Wildman–Crippen MR) is 104 cm³/mol. The molecule has 3 atom stereocenters. The molecule has 1 aromatic carbocycles. The largest absolute Gasteiger partial charge is 0.481 e. The van der Waals surface area contributed by atoms with Crippen LogP contribution in [-0.2, 0) is 19.4 Å². The van der Waals surface area contributed by atoms with E-state index in [4.69, 9.17) is 11.6 Å². The lowest BCUT2D eigenvalue weighted by atomic mass is 10.0. The Labute approximate surface area is 194 Å². The number of aliphatic carboxylic acids is 1. The summed E-state index contributed by atoms with van der Waals surface area (Å²) in [6, 6.07) is 0.790. The van der Waals surface area contributed by atoms with E-state index in [2.05, 4.69) is 4.74 Å². The molecule has 15 heteroatoms. The molecule has 0 bridgehead atoms. The van der Waals surface area contributed by atoms with E-state index in [0.717, 1.165) is 25.1 Å². The summed E-state index contributed by atoms with van der Waals surface area (Å²) in [5.41, 5.74) is -2.73. The zero-order chi connectivity index (χ0) is 25.9. The number of amides is 1. The second-order valence-electron chi connectivity index (χ2n) is 8.19. The van der Waals surface area contributed by atoms with Gasteiger partial charge in [0.2, 0.25) is 5.91 Å². The molecule has 1 unspecified atom stereocenters. The van der Waals surface area contributed by atoms with Crippen LogP contribution < -0.4 is 4.74 Å². The van der Waals surface area contributed by atoms with Crippen LogP contribution in [0.25, 0.3) is 0 Å². The number of carbonyl (C=O) groups excluding carboxylic acids is 1. The lowest BCUT2D eigenvalue weighted by molar-refractivity contribution is -0.199. The van der Waals surface area contributed by atoms with Gasteiger partial charge in [-0.3, -0.25) is 4.79 Å². The molecule has 1 heterocycles. The molecule has 0 spiro atoms. The molecule has 7 nitrogen and oxygen atoms in total. The number of hydrogen-bond donors (Lipinski definition) is 1. The molecule has 0 radical (unpaired) electrons. The maximum absolute atomic E-state index is 13.4. The van der Waals surface area contributed by atoms with E-state index < -0.39 is 92.6 Å². The zero-order valence-corrected chi connectivity index (χ0v) is 18.9. The van der Waals surface area contributed by atoms with E-state index in [1.165, 1.54) is 0 Å². The van der Waals surface area contributed by atoms with Crippen molar-refractivity contribution in [1.82, 2.24) is 4.90 Å². The molecule has 2 fully saturated rings. The number of ether oxygens (including phenoxy) is 1. The molecule has 1 saturated carbocycles. The van der Waals surface area contributed by atoms with Crippen molar-refractivity contribution in [2.24, 2.45) is 5.41 Å². The number of rotatable bonds is 6. The number of likely N-dealkylation sites (tertiary alicyclic amines) is 1. The quantitative estimate of drug-likeness (QED) is 0.554. The van der Waals surface area contributed by atoms with E-state index in [9.17, 15) is 49.5 Å². The normalized spacial score (nSPS) is 23.5. The third-order valence-corrected chi connectivity index (χ3v) is 8.55. The first-order valence-electron chi connectivity index (χ1n) is 9.79. The number of sulfone groups is 1. The van der Waals surface area contributed by atoms with Gasteiger partial charge in [0.05, 0.1) is 15.2 Å². The maximum atomic E-state index is 13.4. The van der Waals surface area contributed by atoms with Crippen LogP contribution in [0.5, 0.6) is 5.75 Å². The Bertz CT molecular complexity index is 1100. The number of benzene rings is 1. The van der Waals surface area contributed by atoms with Crippen LogP contribution in [0.15, 0.2) is 23.1 Å². The molecule has 1 aromatic rings. The molecule has 3 rings (SSSR count). The van der Waals surface area contributed by atoms with E-state index in [1.807, 2.05) is 0 Å². The molecule has 34 heavy (non-hydrogen) atoms. The van der Waals surface area contributed by atoms with Gasteiger partial charge in [0.1, 0.15) is 17.2 Å². The topological polar surface area (TPSA) is 101 Å². The first kappa shape index (κ1) is 26.4. The van der Waals surface area contributed by atoms with Crippen molar-refractivity contribution >= 4 is 33.3 Å². The summed E-state index contributed by atoms with van der Waals surface area (Å²) in [4.78, 5) is 24.1. The Morgan fingerprint density at radius 3 is 2.24 bits per heavy atom. The van der Waals surface area contributed by atoms with Crippen LogP contribution in [0, 0.1) is 5.41 Å². The maximum Gasteiger partial charge on any atom is 0.425 e. The fourth-order valence-electron chi connectivity index (χ4n) is 3.74. The average molecular weight is 538 g/mol. The summed E-state index contributed by atoms with van der Waals surface area (Å²) < 4.78 is 109. The second kappa shape index (κ2) is 8.47. The van der Waals surface area contributed by atoms with Crippen molar-refractivity contribution in [1.29, 1.82) is 0 Å². The van der Waals surface area contributed by atoms with Gasteiger partial charge in [-0.05, 0) is 38.3 Å². The van der Waals surface area contributed by atoms with E-state index in [0.29, 0.717) is 4.90 Å². The fourth-order valence-corrected chi connectivity index (χ4v) is 5.97. The number of carboxylic acid groups (broad SMARTS) is 1. The number of halogens is 7. The molecule has 1 saturated heterocycles. The number of hydrogen-bond acceptors (Lipinski definition) is 5. The Morgan fingerprint density at radius 2 is 1.79 bits per heavy atom. The minimum absolute atomic E-state index is 0.388. The highest BCUT2D eigenvalue weighted by molar-refractivity contribution is 7.92. The van der Waals surface area contributed by atoms with Crippen LogP contribution in [-0.4, -0.2) is 66.6 Å². The highest BCUT2D eigenvalue weighted by Gasteiger charge is 2.70. The SMILES string of the molecule is CC(Oc1ccc(S(=O)(=O)[C@@H]2C[C@@H](C(=O)O)N(C(=O)C3(C(F)(F)F)CC3)C2)c(Cl)c1)C(F)(F)F. The van der Waals surface area contributed by atoms with E-state index in [-0.39, 0.29) is 5.75 Å². The zero-order valence-electron chi connectivity index (χ0n) is 17.3. The van der Waals surface area contributed by atoms with Crippen LogP contribution in [0.4, 0.5) is 26.3 Å². The molecule has 1 N–H and O–H groups in total. The number of alkyl halides is 6. The average Bonchev–Trinajstić information content (AvgIpc) is 3.38. The van der Waals surface area contributed by atoms with Crippen molar-refractivity contribution in [3.8, 4) is 5.75 Å². The lowest BCUT2D eigenvalue weighted by Gasteiger charge is -2.28. The summed E-state index contributed by atoms with van der Waals surface area (Å²) in [7, 11) is -4.48. The molecule has 0 aromatic heterocycles. The van der Waals surface area contributed by atoms with Gasteiger partial charge in [-0.1, -0.05) is 11.6 Å². The predicted octanol–water partition coefficient (Wildman–Crippen LogP) is 3.84. The minimum Gasteiger partial charge on any atom is -0.481 e. The van der Waals surface area contributed by atoms with E-state index >= 15 is 0 Å². The van der Waals surface area contributed by atoms with Crippen LogP contribution in [0.1, 0.15) is 26.2 Å². The number of carboxylic acids is 1. The van der Waals surface area contributed by atoms with Crippen LogP contribution in [0.2, 0.25) is 5.02 Å². The van der Waals surface area contributed by atoms with Gasteiger partial charge in [0.15, 0.2) is 15.9 Å². The molecule has 1 amide bonds. The first-order valence-corrected chi connectivity index (χ1v) is 11.7. The molecular formula is C19H18ClF6NO6S. The Kier molecular flexibility index (Phi) is 6.57. The summed E-state index contributed by atoms with van der Waals surface area (Å²) in [5.74, 6) is -3.55. The summed E-state index contributed by atoms with van der Waals surface area (Å²) >= 11 is 5.94. The lowest BCUT2D eigenvalue weighted by Crippen LogP contribution is -2.48. The second-order valence-corrected chi connectivity index (χ2v) is 10.8. The highest BCUT2D eigenvalue weighted by atomic mass is 35.5. The summed E-state index contributed by atoms with van der Waals surface area (Å²) in [6.07, 6.45) is -13.6. The first-order chi connectivity index (χ1) is 15.4. The Balaban J connectivity index is 1.87. The molecule has 190 valence electrons. The van der Waals surface area contributed by atoms with Crippen molar-refractivity contribution in [2.45, 2.75) is 60.8 Å². The minimum atomic E-state index is -4.92. The van der Waals surface area contributed by atoms with Gasteiger partial charge in [-0.25, -0.2) is 13.2 Å². The van der Waals surface area contributed by atoms with Crippen LogP contribution >= 0.6 is 11.6 Å². The van der Waals surface area contributed by atoms with Gasteiger partial charge in [-0.2, -0.15) is 26.3 Å². The monoisotopic (exact) mass is 537 g/mol. The molecule has 2 aliphatic rings. The summed E-state index contributed by atoms with van der Waals surface area (Å²) in [5, 5.41) is 7.28. The standard InChI is InChI=1S/C19H18ClF6NO6S/c1-9(18(21,22)23)33-10-2-3-14(12(20)6-10)34(31,32)11-7-13(15(28)29)27(8-11)16(30)17(4-5-17)19(24,25)26/h2-3,6,9,11,13H,4-5,7-8H2,1H3,(H,28,29)/t9?,11-,13+/m1/s1. The van der Waals surface area contributed by atoms with Gasteiger partial charge in [0.25, 0.3) is 0 Å². The van der Waals surface area contributed by atoms with Crippen molar-refractivity contribution in [2.75, 3.05) is 6.54 Å². The summed E-state index contributed by atoms with van der Waals surface area (Å²) in [6.45, 7) is -0.0854. The molecule has 1 aliphatic carbocycles.